The van der Waals surface area contributed by atoms with Crippen molar-refractivity contribution in [1.82, 2.24) is 0 Å². The minimum atomic E-state index is -6.54. The van der Waals surface area contributed by atoms with Gasteiger partial charge in [0.05, 0.1) is 0 Å². The van der Waals surface area contributed by atoms with Gasteiger partial charge >= 0.3 is 39.1 Å². The van der Waals surface area contributed by atoms with Crippen molar-refractivity contribution in [3.63, 3.8) is 0 Å². The average Bonchev–Trinajstić information content (AvgIpc) is 2.32. The summed E-state index contributed by atoms with van der Waals surface area (Å²) >= 11 is 0. The van der Waals surface area contributed by atoms with Gasteiger partial charge in [0.25, 0.3) is 5.85 Å². The van der Waals surface area contributed by atoms with Gasteiger partial charge in [0.2, 0.25) is 0 Å². The second kappa shape index (κ2) is 12.4. The summed E-state index contributed by atoms with van der Waals surface area (Å²) in [7, 11) is -6.54. The molecule has 0 rings (SSSR count). The van der Waals surface area contributed by atoms with E-state index < -0.39 is 51.5 Å². The number of alkyl halides is 11. The number of rotatable bonds is 7. The summed E-state index contributed by atoms with van der Waals surface area (Å²) < 4.78 is 166. The van der Waals surface area contributed by atoms with E-state index in [2.05, 4.69) is 4.74 Å². The summed E-state index contributed by atoms with van der Waals surface area (Å²) in [5.74, 6) is -21.7. The Bertz CT molecular complexity index is 578. The van der Waals surface area contributed by atoms with Crippen LogP contribution in [-0.4, -0.2) is 54.4 Å². The van der Waals surface area contributed by atoms with Crippen molar-refractivity contribution >= 4 is 10.1 Å². The smallest absolute Gasteiger partial charge is 0.335 e. The van der Waals surface area contributed by atoms with Crippen molar-refractivity contribution < 1.29 is 66.0 Å². The van der Waals surface area contributed by atoms with E-state index in [1.165, 1.54) is 0 Å². The maximum atomic E-state index is 13.0. The molecule has 1 N–H and O–H groups in total. The molecule has 0 aromatic heterocycles. The van der Waals surface area contributed by atoms with Gasteiger partial charge in [-0.2, -0.15) is 26.0 Å². The molecule has 31 heavy (non-hydrogen) atoms. The van der Waals surface area contributed by atoms with Gasteiger partial charge in [-0.3, -0.25) is 4.55 Å². The molecule has 0 saturated heterocycles. The molecule has 0 bridgehead atoms. The standard InChI is InChI=1S/C7H9F7O4S.C4H6F4.4CH4/c1-4(8,9)5(2,10)18-3-6(11,12)7(13,14)19(15,16)17;1-3(5,6)4(2,7)8;;;;/h3H2,1-2H3,(H,15,16,17);1-2H3;4*1H4. The van der Waals surface area contributed by atoms with Crippen molar-refractivity contribution in [3.8, 4) is 0 Å². The zero-order valence-electron chi connectivity index (χ0n) is 13.9. The van der Waals surface area contributed by atoms with Crippen LogP contribution in [0.2, 0.25) is 0 Å². The van der Waals surface area contributed by atoms with Crippen LogP contribution in [0.3, 0.4) is 0 Å². The van der Waals surface area contributed by atoms with Gasteiger partial charge < -0.3 is 4.74 Å². The van der Waals surface area contributed by atoms with Crippen molar-refractivity contribution in [2.24, 2.45) is 0 Å². The van der Waals surface area contributed by atoms with Crippen LogP contribution in [0.25, 0.3) is 0 Å². The van der Waals surface area contributed by atoms with Crippen molar-refractivity contribution in [2.75, 3.05) is 6.61 Å². The minimum absolute atomic E-state index is 0. The summed E-state index contributed by atoms with van der Waals surface area (Å²) in [6, 6.07) is 0. The van der Waals surface area contributed by atoms with Crippen LogP contribution in [0.1, 0.15) is 57.4 Å². The first-order chi connectivity index (χ1) is 11.2. The Kier molecular flexibility index (Phi) is 17.5. The largest absolute Gasteiger partial charge is 0.433 e. The maximum absolute atomic E-state index is 13.0. The Morgan fingerprint density at radius 2 is 0.903 bits per heavy atom. The first-order valence-corrected chi connectivity index (χ1v) is 7.84. The molecule has 16 heteroatoms. The second-order valence-electron chi connectivity index (χ2n) is 5.57. The number of halogens is 11. The lowest BCUT2D eigenvalue weighted by molar-refractivity contribution is -0.295. The molecule has 1 unspecified atom stereocenters. The zero-order chi connectivity index (χ0) is 22.9. The second-order valence-corrected chi connectivity index (χ2v) is 7.03. The lowest BCUT2D eigenvalue weighted by Gasteiger charge is -2.30. The summed E-state index contributed by atoms with van der Waals surface area (Å²) in [4.78, 5) is 0. The van der Waals surface area contributed by atoms with Gasteiger partial charge in [0, 0.05) is 27.7 Å². The molecule has 1 atom stereocenters. The third-order valence-corrected chi connectivity index (χ3v) is 3.78. The summed E-state index contributed by atoms with van der Waals surface area (Å²) in [5, 5.41) is -6.01. The van der Waals surface area contributed by atoms with E-state index in [-0.39, 0.29) is 57.4 Å². The van der Waals surface area contributed by atoms with E-state index >= 15 is 0 Å². The van der Waals surface area contributed by atoms with Crippen LogP contribution in [-0.2, 0) is 14.9 Å². The van der Waals surface area contributed by atoms with Crippen LogP contribution in [0.5, 0.6) is 0 Å². The molecule has 0 amide bonds. The molecule has 0 aromatic carbocycles. The summed E-state index contributed by atoms with van der Waals surface area (Å²) in [6.07, 6.45) is 0. The SMILES string of the molecule is C.C.C.C.CC(F)(F)C(C)(F)F.CC(F)(F)C(C)(F)OCC(F)(F)C(F)(F)S(=O)(=O)O. The van der Waals surface area contributed by atoms with E-state index in [0.29, 0.717) is 0 Å². The Morgan fingerprint density at radius 1 is 0.645 bits per heavy atom. The average molecular weight is 516 g/mol. The molecular formula is C15H31F11O4S. The predicted octanol–water partition coefficient (Wildman–Crippen LogP) is 7.30. The normalized spacial score (nSPS) is 14.8. The third-order valence-electron chi connectivity index (χ3n) is 2.83. The molecule has 4 nitrogen and oxygen atoms in total. The monoisotopic (exact) mass is 516 g/mol. The first kappa shape index (κ1) is 43.9. The Labute approximate surface area is 175 Å². The summed E-state index contributed by atoms with van der Waals surface area (Å²) in [6.45, 7) is -2.38. The van der Waals surface area contributed by atoms with Gasteiger partial charge in [-0.15, -0.1) is 0 Å². The highest BCUT2D eigenvalue weighted by atomic mass is 32.2. The maximum Gasteiger partial charge on any atom is 0.433 e. The molecule has 0 aromatic rings. The predicted molar refractivity (Wildman–Crippen MR) is 95.7 cm³/mol. The molecule has 0 aliphatic rings. The highest BCUT2D eigenvalue weighted by Crippen LogP contribution is 2.41. The fourth-order valence-corrected chi connectivity index (χ4v) is 1.06. The van der Waals surface area contributed by atoms with Crippen LogP contribution in [0.15, 0.2) is 0 Å². The Morgan fingerprint density at radius 3 is 1.06 bits per heavy atom. The number of hydrogen-bond acceptors (Lipinski definition) is 3. The van der Waals surface area contributed by atoms with Crippen LogP contribution in [0.4, 0.5) is 48.3 Å². The van der Waals surface area contributed by atoms with E-state index in [1.807, 2.05) is 0 Å². The highest BCUT2D eigenvalue weighted by Gasteiger charge is 2.67. The van der Waals surface area contributed by atoms with E-state index in [4.69, 9.17) is 4.55 Å². The number of ether oxygens (including phenoxy) is 1. The molecule has 0 radical (unpaired) electrons. The minimum Gasteiger partial charge on any atom is -0.335 e. The van der Waals surface area contributed by atoms with Crippen molar-refractivity contribution in [2.45, 2.75) is 92.2 Å². The quantitative estimate of drug-likeness (QED) is 0.285. The van der Waals surface area contributed by atoms with E-state index in [0.717, 1.165) is 0 Å². The lowest BCUT2D eigenvalue weighted by atomic mass is 10.2. The molecule has 0 heterocycles. The third kappa shape index (κ3) is 12.1. The van der Waals surface area contributed by atoms with Crippen molar-refractivity contribution in [3.05, 3.63) is 0 Å². The Balaban J connectivity index is -0.000000113. The molecular weight excluding hydrogens is 485 g/mol. The summed E-state index contributed by atoms with van der Waals surface area (Å²) in [5.41, 5.74) is 0. The van der Waals surface area contributed by atoms with E-state index in [9.17, 15) is 56.7 Å². The van der Waals surface area contributed by atoms with Gasteiger partial charge in [-0.05, 0) is 0 Å². The van der Waals surface area contributed by atoms with Gasteiger partial charge in [0.1, 0.15) is 6.61 Å². The molecule has 0 saturated carbocycles. The molecule has 0 fully saturated rings. The molecule has 0 aliphatic carbocycles. The van der Waals surface area contributed by atoms with Crippen LogP contribution < -0.4 is 0 Å². The molecule has 0 aliphatic heterocycles. The number of hydrogen-bond donors (Lipinski definition) is 1. The topological polar surface area (TPSA) is 63.6 Å². The lowest BCUT2D eigenvalue weighted by Crippen LogP contribution is -2.52. The van der Waals surface area contributed by atoms with Gasteiger partial charge in [0.15, 0.2) is 0 Å². The highest BCUT2D eigenvalue weighted by molar-refractivity contribution is 7.87. The van der Waals surface area contributed by atoms with Crippen LogP contribution in [0, 0.1) is 0 Å². The van der Waals surface area contributed by atoms with Crippen LogP contribution >= 0.6 is 0 Å². The molecule has 198 valence electrons. The first-order valence-electron chi connectivity index (χ1n) is 6.40. The van der Waals surface area contributed by atoms with E-state index in [1.54, 1.807) is 0 Å². The fourth-order valence-electron chi connectivity index (χ4n) is 0.626. The fraction of sp³-hybridized carbons (Fsp3) is 1.00. The molecule has 0 spiro atoms. The van der Waals surface area contributed by atoms with Gasteiger partial charge in [-0.25, -0.2) is 30.7 Å². The van der Waals surface area contributed by atoms with Crippen molar-refractivity contribution in [1.29, 1.82) is 0 Å². The Hall–Kier alpha value is -0.900. The zero-order valence-corrected chi connectivity index (χ0v) is 14.8. The van der Waals surface area contributed by atoms with Gasteiger partial charge in [-0.1, -0.05) is 29.7 Å².